The van der Waals surface area contributed by atoms with E-state index in [-0.39, 0.29) is 11.8 Å². The summed E-state index contributed by atoms with van der Waals surface area (Å²) in [5, 5.41) is 9.40. The van der Waals surface area contributed by atoms with Gasteiger partial charge in [0.2, 0.25) is 11.8 Å². The summed E-state index contributed by atoms with van der Waals surface area (Å²) >= 11 is 3.38. The summed E-state index contributed by atoms with van der Waals surface area (Å²) in [5.74, 6) is 1.01. The zero-order chi connectivity index (χ0) is 19.9. The molecule has 9 heteroatoms. The average molecular weight is 450 g/mol. The molecule has 2 amide bonds. The second-order valence-electron chi connectivity index (χ2n) is 6.79. The topological polar surface area (TPSA) is 90.7 Å². The molecule has 2 heterocycles. The molecule has 1 aliphatic heterocycles. The highest BCUT2D eigenvalue weighted by Crippen LogP contribution is 2.14. The number of carbonyl (C=O) groups excluding carboxylic acids is 2. The SMILES string of the molecule is Cc1cc(NC(=O)CN2CCN(CCC(=O)Nc3ccc(Br)cc3)CC2)no1. The summed E-state index contributed by atoms with van der Waals surface area (Å²) in [4.78, 5) is 28.5. The minimum absolute atomic E-state index is 0.00651. The lowest BCUT2D eigenvalue weighted by atomic mass is 10.2. The number of amides is 2. The summed E-state index contributed by atoms with van der Waals surface area (Å²) in [6, 6.07) is 9.22. The molecule has 0 saturated carbocycles. The molecule has 0 unspecified atom stereocenters. The first-order valence-corrected chi connectivity index (χ1v) is 10.0. The highest BCUT2D eigenvalue weighted by molar-refractivity contribution is 9.10. The molecule has 0 radical (unpaired) electrons. The minimum atomic E-state index is -0.101. The molecule has 0 aliphatic carbocycles. The Morgan fingerprint density at radius 1 is 1.07 bits per heavy atom. The van der Waals surface area contributed by atoms with Crippen LogP contribution >= 0.6 is 15.9 Å². The van der Waals surface area contributed by atoms with E-state index >= 15 is 0 Å². The molecule has 0 atom stereocenters. The number of carbonyl (C=O) groups is 2. The fourth-order valence-electron chi connectivity index (χ4n) is 3.00. The molecule has 3 rings (SSSR count). The molecule has 1 aromatic carbocycles. The number of nitrogens with zero attached hydrogens (tertiary/aromatic N) is 3. The smallest absolute Gasteiger partial charge is 0.239 e. The van der Waals surface area contributed by atoms with Gasteiger partial charge in [0.15, 0.2) is 5.82 Å². The molecular formula is C19H24BrN5O3. The second-order valence-corrected chi connectivity index (χ2v) is 7.71. The van der Waals surface area contributed by atoms with Gasteiger partial charge in [0, 0.05) is 55.4 Å². The van der Waals surface area contributed by atoms with Gasteiger partial charge in [-0.25, -0.2) is 0 Å². The van der Waals surface area contributed by atoms with Crippen molar-refractivity contribution >= 4 is 39.2 Å². The van der Waals surface area contributed by atoms with Gasteiger partial charge in [0.25, 0.3) is 0 Å². The van der Waals surface area contributed by atoms with Crippen molar-refractivity contribution in [2.75, 3.05) is 49.9 Å². The largest absolute Gasteiger partial charge is 0.360 e. The molecule has 28 heavy (non-hydrogen) atoms. The summed E-state index contributed by atoms with van der Waals surface area (Å²) in [7, 11) is 0. The maximum atomic E-state index is 12.1. The van der Waals surface area contributed by atoms with Crippen molar-refractivity contribution in [2.45, 2.75) is 13.3 Å². The van der Waals surface area contributed by atoms with Crippen LogP contribution in [0.2, 0.25) is 0 Å². The number of halogens is 1. The monoisotopic (exact) mass is 449 g/mol. The molecule has 2 aromatic rings. The van der Waals surface area contributed by atoms with Gasteiger partial charge >= 0.3 is 0 Å². The number of anilines is 2. The van der Waals surface area contributed by atoms with Crippen molar-refractivity contribution < 1.29 is 14.1 Å². The summed E-state index contributed by atoms with van der Waals surface area (Å²) < 4.78 is 5.92. The maximum absolute atomic E-state index is 12.1. The third kappa shape index (κ3) is 6.43. The normalized spacial score (nSPS) is 15.4. The number of piperazine rings is 1. The molecule has 150 valence electrons. The average Bonchev–Trinajstić information content (AvgIpc) is 3.07. The van der Waals surface area contributed by atoms with Crippen LogP contribution in [0.1, 0.15) is 12.2 Å². The quantitative estimate of drug-likeness (QED) is 0.673. The number of nitrogens with one attached hydrogen (secondary N) is 2. The van der Waals surface area contributed by atoms with Crippen molar-refractivity contribution in [3.8, 4) is 0 Å². The van der Waals surface area contributed by atoms with Crippen LogP contribution in [0.5, 0.6) is 0 Å². The van der Waals surface area contributed by atoms with E-state index in [4.69, 9.17) is 4.52 Å². The number of benzene rings is 1. The Balaban J connectivity index is 1.33. The Kier molecular flexibility index (Phi) is 7.18. The summed E-state index contributed by atoms with van der Waals surface area (Å²) in [6.07, 6.45) is 0.446. The summed E-state index contributed by atoms with van der Waals surface area (Å²) in [6.45, 7) is 6.06. The van der Waals surface area contributed by atoms with Gasteiger partial charge in [-0.05, 0) is 31.2 Å². The van der Waals surface area contributed by atoms with Gasteiger partial charge in [0.05, 0.1) is 6.54 Å². The number of aryl methyl sites for hydroxylation is 1. The van der Waals surface area contributed by atoms with Gasteiger partial charge in [-0.15, -0.1) is 0 Å². The Hall–Kier alpha value is -2.23. The van der Waals surface area contributed by atoms with Gasteiger partial charge < -0.3 is 20.1 Å². The van der Waals surface area contributed by atoms with Crippen molar-refractivity contribution in [3.05, 3.63) is 40.6 Å². The first-order chi connectivity index (χ1) is 13.5. The third-order valence-electron chi connectivity index (χ3n) is 4.51. The predicted molar refractivity (Wildman–Crippen MR) is 110 cm³/mol. The second kappa shape index (κ2) is 9.81. The molecule has 8 nitrogen and oxygen atoms in total. The highest BCUT2D eigenvalue weighted by Gasteiger charge is 2.20. The number of rotatable bonds is 7. The zero-order valence-electron chi connectivity index (χ0n) is 15.8. The fraction of sp³-hybridized carbons (Fsp3) is 0.421. The molecule has 0 bridgehead atoms. The number of aromatic nitrogens is 1. The van der Waals surface area contributed by atoms with E-state index in [1.807, 2.05) is 24.3 Å². The van der Waals surface area contributed by atoms with E-state index in [2.05, 4.69) is 41.5 Å². The Morgan fingerprint density at radius 2 is 1.75 bits per heavy atom. The van der Waals surface area contributed by atoms with Crippen LogP contribution in [0.4, 0.5) is 11.5 Å². The van der Waals surface area contributed by atoms with E-state index in [9.17, 15) is 9.59 Å². The fourth-order valence-corrected chi connectivity index (χ4v) is 3.26. The first-order valence-electron chi connectivity index (χ1n) is 9.21. The van der Waals surface area contributed by atoms with Crippen molar-refractivity contribution in [1.82, 2.24) is 15.0 Å². The summed E-state index contributed by atoms with van der Waals surface area (Å²) in [5.41, 5.74) is 0.798. The molecule has 0 spiro atoms. The van der Waals surface area contributed by atoms with Gasteiger partial charge in [-0.3, -0.25) is 14.5 Å². The lowest BCUT2D eigenvalue weighted by Crippen LogP contribution is -2.49. The van der Waals surface area contributed by atoms with Gasteiger partial charge in [-0.2, -0.15) is 0 Å². The maximum Gasteiger partial charge on any atom is 0.239 e. The van der Waals surface area contributed by atoms with Crippen LogP contribution in [0, 0.1) is 6.92 Å². The van der Waals surface area contributed by atoms with Crippen molar-refractivity contribution in [2.24, 2.45) is 0 Å². The Morgan fingerprint density at radius 3 is 2.39 bits per heavy atom. The molecule has 1 aliphatic rings. The first kappa shape index (κ1) is 20.5. The molecule has 1 saturated heterocycles. The van der Waals surface area contributed by atoms with Crippen molar-refractivity contribution in [1.29, 1.82) is 0 Å². The van der Waals surface area contributed by atoms with Crippen LogP contribution < -0.4 is 10.6 Å². The molecule has 1 fully saturated rings. The Bertz CT molecular complexity index is 800. The Labute approximate surface area is 172 Å². The molecule has 1 aromatic heterocycles. The van der Waals surface area contributed by atoms with Crippen LogP contribution in [0.15, 0.2) is 39.3 Å². The van der Waals surface area contributed by atoms with Crippen LogP contribution in [0.3, 0.4) is 0 Å². The van der Waals surface area contributed by atoms with E-state index < -0.39 is 0 Å². The van der Waals surface area contributed by atoms with Gasteiger partial charge in [0.1, 0.15) is 5.76 Å². The zero-order valence-corrected chi connectivity index (χ0v) is 17.4. The van der Waals surface area contributed by atoms with E-state index in [0.717, 1.165) is 36.3 Å². The third-order valence-corrected chi connectivity index (χ3v) is 5.04. The minimum Gasteiger partial charge on any atom is -0.360 e. The lowest BCUT2D eigenvalue weighted by Gasteiger charge is -2.34. The number of hydrogen-bond donors (Lipinski definition) is 2. The predicted octanol–water partition coefficient (Wildman–Crippen LogP) is 2.33. The van der Waals surface area contributed by atoms with Crippen LogP contribution in [0.25, 0.3) is 0 Å². The lowest BCUT2D eigenvalue weighted by molar-refractivity contribution is -0.117. The van der Waals surface area contributed by atoms with Crippen LogP contribution in [-0.2, 0) is 9.59 Å². The molecular weight excluding hydrogens is 426 g/mol. The standard InChI is InChI=1S/C19H24BrN5O3/c1-14-12-17(23-28-14)22-19(27)13-25-10-8-24(9-11-25)7-6-18(26)21-16-4-2-15(20)3-5-16/h2-5,12H,6-11,13H2,1H3,(H,21,26)(H,22,23,27). The van der Waals surface area contributed by atoms with E-state index in [1.54, 1.807) is 13.0 Å². The van der Waals surface area contributed by atoms with Crippen LogP contribution in [-0.4, -0.2) is 66.0 Å². The van der Waals surface area contributed by atoms with E-state index in [0.29, 0.717) is 31.1 Å². The number of hydrogen-bond acceptors (Lipinski definition) is 6. The van der Waals surface area contributed by atoms with E-state index in [1.165, 1.54) is 0 Å². The molecule has 2 N–H and O–H groups in total. The van der Waals surface area contributed by atoms with Crippen molar-refractivity contribution in [3.63, 3.8) is 0 Å². The van der Waals surface area contributed by atoms with Gasteiger partial charge in [-0.1, -0.05) is 21.1 Å². The highest BCUT2D eigenvalue weighted by atomic mass is 79.9.